The zero-order valence-corrected chi connectivity index (χ0v) is 13.0. The lowest BCUT2D eigenvalue weighted by Crippen LogP contribution is -1.92. The average molecular weight is 324 g/mol. The van der Waals surface area contributed by atoms with Crippen LogP contribution in [0.25, 0.3) is 0 Å². The molecule has 0 fully saturated rings. The van der Waals surface area contributed by atoms with Crippen LogP contribution in [0.3, 0.4) is 0 Å². The number of hydrogen-bond acceptors (Lipinski definition) is 5. The maximum atomic E-state index is 13.3. The highest BCUT2D eigenvalue weighted by Crippen LogP contribution is 2.23. The SMILES string of the molecule is N#Cc1cc(Nc2nnc(CCc3ccccc3)s2)ccc1F. The first-order chi connectivity index (χ1) is 11.2. The normalized spacial score (nSPS) is 10.3. The summed E-state index contributed by atoms with van der Waals surface area (Å²) in [6.07, 6.45) is 1.72. The maximum Gasteiger partial charge on any atom is 0.210 e. The van der Waals surface area contributed by atoms with Crippen LogP contribution >= 0.6 is 11.3 Å². The van der Waals surface area contributed by atoms with Gasteiger partial charge in [-0.05, 0) is 30.2 Å². The Morgan fingerprint density at radius 3 is 2.70 bits per heavy atom. The Kier molecular flexibility index (Phi) is 4.60. The van der Waals surface area contributed by atoms with E-state index in [0.717, 1.165) is 17.8 Å². The molecule has 0 saturated heterocycles. The van der Waals surface area contributed by atoms with Crippen molar-refractivity contribution < 1.29 is 4.39 Å². The minimum atomic E-state index is -0.529. The molecule has 0 aliphatic rings. The topological polar surface area (TPSA) is 61.6 Å². The Morgan fingerprint density at radius 2 is 1.91 bits per heavy atom. The van der Waals surface area contributed by atoms with Gasteiger partial charge in [0.25, 0.3) is 0 Å². The lowest BCUT2D eigenvalue weighted by molar-refractivity contribution is 0.624. The molecule has 0 atom stereocenters. The molecule has 3 aromatic rings. The number of hydrogen-bond donors (Lipinski definition) is 1. The summed E-state index contributed by atoms with van der Waals surface area (Å²) in [5.74, 6) is -0.529. The summed E-state index contributed by atoms with van der Waals surface area (Å²) < 4.78 is 13.3. The van der Waals surface area contributed by atoms with E-state index in [0.29, 0.717) is 10.8 Å². The van der Waals surface area contributed by atoms with Crippen molar-refractivity contribution in [2.45, 2.75) is 12.8 Å². The van der Waals surface area contributed by atoms with Gasteiger partial charge < -0.3 is 5.32 Å². The summed E-state index contributed by atoms with van der Waals surface area (Å²) in [5, 5.41) is 21.7. The number of aryl methyl sites for hydroxylation is 2. The van der Waals surface area contributed by atoms with E-state index < -0.39 is 5.82 Å². The summed E-state index contributed by atoms with van der Waals surface area (Å²) in [6, 6.07) is 16.3. The summed E-state index contributed by atoms with van der Waals surface area (Å²) >= 11 is 1.45. The summed E-state index contributed by atoms with van der Waals surface area (Å²) in [5.41, 5.74) is 1.88. The van der Waals surface area contributed by atoms with Gasteiger partial charge in [-0.2, -0.15) is 5.26 Å². The van der Waals surface area contributed by atoms with Crippen LogP contribution in [0, 0.1) is 17.1 Å². The molecule has 0 aliphatic carbocycles. The van der Waals surface area contributed by atoms with E-state index in [1.807, 2.05) is 24.3 Å². The van der Waals surface area contributed by atoms with Crippen LogP contribution in [-0.2, 0) is 12.8 Å². The third kappa shape index (κ3) is 3.90. The van der Waals surface area contributed by atoms with E-state index in [1.54, 1.807) is 6.07 Å². The van der Waals surface area contributed by atoms with Gasteiger partial charge in [0.1, 0.15) is 16.9 Å². The number of anilines is 2. The first-order valence-corrected chi connectivity index (χ1v) is 7.89. The second kappa shape index (κ2) is 6.99. The number of halogens is 1. The van der Waals surface area contributed by atoms with E-state index in [9.17, 15) is 4.39 Å². The number of aromatic nitrogens is 2. The average Bonchev–Trinajstić information content (AvgIpc) is 3.03. The molecule has 3 rings (SSSR count). The van der Waals surface area contributed by atoms with Gasteiger partial charge in [0.15, 0.2) is 0 Å². The Balaban J connectivity index is 1.64. The lowest BCUT2D eigenvalue weighted by Gasteiger charge is -2.02. The van der Waals surface area contributed by atoms with Gasteiger partial charge in [0.05, 0.1) is 5.56 Å². The molecule has 23 heavy (non-hydrogen) atoms. The minimum Gasteiger partial charge on any atom is -0.330 e. The summed E-state index contributed by atoms with van der Waals surface area (Å²) in [6.45, 7) is 0. The number of nitrogens with one attached hydrogen (secondary N) is 1. The molecule has 1 aromatic heterocycles. The third-order valence-corrected chi connectivity index (χ3v) is 4.17. The fourth-order valence-corrected chi connectivity index (χ4v) is 2.87. The predicted molar refractivity (Wildman–Crippen MR) is 88.2 cm³/mol. The van der Waals surface area contributed by atoms with Gasteiger partial charge in [0, 0.05) is 12.1 Å². The number of benzene rings is 2. The molecule has 1 heterocycles. The molecular weight excluding hydrogens is 311 g/mol. The Morgan fingerprint density at radius 1 is 1.09 bits per heavy atom. The highest BCUT2D eigenvalue weighted by Gasteiger charge is 2.07. The maximum absolute atomic E-state index is 13.3. The van der Waals surface area contributed by atoms with Gasteiger partial charge >= 0.3 is 0 Å². The van der Waals surface area contributed by atoms with Crippen LogP contribution in [0.4, 0.5) is 15.2 Å². The summed E-state index contributed by atoms with van der Waals surface area (Å²) in [7, 11) is 0. The van der Waals surface area contributed by atoms with E-state index in [4.69, 9.17) is 5.26 Å². The highest BCUT2D eigenvalue weighted by atomic mass is 32.1. The second-order valence-corrected chi connectivity index (χ2v) is 5.98. The van der Waals surface area contributed by atoms with Gasteiger partial charge in [-0.15, -0.1) is 10.2 Å². The van der Waals surface area contributed by atoms with Crippen molar-refractivity contribution in [1.29, 1.82) is 5.26 Å². The molecule has 0 bridgehead atoms. The second-order valence-electron chi connectivity index (χ2n) is 4.92. The number of nitriles is 1. The fraction of sp³-hybridized carbons (Fsp3) is 0.118. The van der Waals surface area contributed by atoms with Crippen molar-refractivity contribution in [2.75, 3.05) is 5.32 Å². The van der Waals surface area contributed by atoms with Crippen LogP contribution in [0.1, 0.15) is 16.1 Å². The van der Waals surface area contributed by atoms with E-state index in [1.165, 1.54) is 29.0 Å². The largest absolute Gasteiger partial charge is 0.330 e. The number of rotatable bonds is 5. The highest BCUT2D eigenvalue weighted by molar-refractivity contribution is 7.15. The lowest BCUT2D eigenvalue weighted by atomic mass is 10.1. The molecule has 0 radical (unpaired) electrons. The van der Waals surface area contributed by atoms with Crippen molar-refractivity contribution in [2.24, 2.45) is 0 Å². The molecule has 4 nitrogen and oxygen atoms in total. The third-order valence-electron chi connectivity index (χ3n) is 3.28. The summed E-state index contributed by atoms with van der Waals surface area (Å²) in [4.78, 5) is 0. The van der Waals surface area contributed by atoms with Crippen molar-refractivity contribution in [3.8, 4) is 6.07 Å². The van der Waals surface area contributed by atoms with Crippen molar-refractivity contribution in [1.82, 2.24) is 10.2 Å². The van der Waals surface area contributed by atoms with Gasteiger partial charge in [-0.25, -0.2) is 4.39 Å². The van der Waals surface area contributed by atoms with E-state index >= 15 is 0 Å². The van der Waals surface area contributed by atoms with Crippen molar-refractivity contribution in [3.63, 3.8) is 0 Å². The van der Waals surface area contributed by atoms with Crippen LogP contribution in [0.5, 0.6) is 0 Å². The molecule has 0 unspecified atom stereocenters. The molecule has 0 spiro atoms. The first kappa shape index (κ1) is 15.1. The molecule has 1 N–H and O–H groups in total. The Labute approximate surface area is 137 Å². The minimum absolute atomic E-state index is 0.00353. The van der Waals surface area contributed by atoms with E-state index in [-0.39, 0.29) is 5.56 Å². The zero-order valence-electron chi connectivity index (χ0n) is 12.2. The predicted octanol–water partition coefficient (Wildman–Crippen LogP) is 4.08. The van der Waals surface area contributed by atoms with Crippen molar-refractivity contribution in [3.05, 3.63) is 70.5 Å². The zero-order chi connectivity index (χ0) is 16.1. The molecule has 0 aliphatic heterocycles. The first-order valence-electron chi connectivity index (χ1n) is 7.07. The quantitative estimate of drug-likeness (QED) is 0.768. The van der Waals surface area contributed by atoms with Crippen LogP contribution in [0.2, 0.25) is 0 Å². The van der Waals surface area contributed by atoms with Crippen LogP contribution < -0.4 is 5.32 Å². The monoisotopic (exact) mass is 324 g/mol. The standard InChI is InChI=1S/C17H13FN4S/c18-15-8-7-14(10-13(15)11-19)20-17-22-21-16(23-17)9-6-12-4-2-1-3-5-12/h1-5,7-8,10H,6,9H2,(H,20,22). The Hall–Kier alpha value is -2.78. The van der Waals surface area contributed by atoms with Crippen LogP contribution in [-0.4, -0.2) is 10.2 Å². The molecular formula is C17H13FN4S. The van der Waals surface area contributed by atoms with Gasteiger partial charge in [0.2, 0.25) is 5.13 Å². The molecule has 6 heteroatoms. The van der Waals surface area contributed by atoms with E-state index in [2.05, 4.69) is 27.6 Å². The Bertz CT molecular complexity index is 839. The van der Waals surface area contributed by atoms with Gasteiger partial charge in [-0.3, -0.25) is 0 Å². The molecule has 0 saturated carbocycles. The number of nitrogens with zero attached hydrogens (tertiary/aromatic N) is 3. The smallest absolute Gasteiger partial charge is 0.210 e. The molecule has 114 valence electrons. The fourth-order valence-electron chi connectivity index (χ4n) is 2.11. The molecule has 0 amide bonds. The van der Waals surface area contributed by atoms with Gasteiger partial charge in [-0.1, -0.05) is 41.7 Å². The van der Waals surface area contributed by atoms with Crippen LogP contribution in [0.15, 0.2) is 48.5 Å². The van der Waals surface area contributed by atoms with Crippen molar-refractivity contribution >= 4 is 22.2 Å². The molecule has 2 aromatic carbocycles.